The lowest BCUT2D eigenvalue weighted by Crippen LogP contribution is -2.08. The van der Waals surface area contributed by atoms with E-state index in [1.54, 1.807) is 0 Å². The van der Waals surface area contributed by atoms with Crippen LogP contribution in [-0.2, 0) is 6.18 Å². The third-order valence-corrected chi connectivity index (χ3v) is 4.02. The summed E-state index contributed by atoms with van der Waals surface area (Å²) in [6, 6.07) is 5.88. The number of halogens is 5. The first-order valence-electron chi connectivity index (χ1n) is 8.68. The first-order valence-corrected chi connectivity index (χ1v) is 8.68. The summed E-state index contributed by atoms with van der Waals surface area (Å²) in [5.74, 6) is -3.69. The maximum Gasteiger partial charge on any atom is 0.439 e. The van der Waals surface area contributed by atoms with Gasteiger partial charge >= 0.3 is 11.9 Å². The molecule has 0 amide bonds. The van der Waals surface area contributed by atoms with E-state index in [0.717, 1.165) is 12.1 Å². The minimum Gasteiger partial charge on any atom is -0.450 e. The summed E-state index contributed by atoms with van der Waals surface area (Å²) in [6.07, 6.45) is -2.87. The van der Waals surface area contributed by atoms with Crippen molar-refractivity contribution >= 4 is 11.6 Å². The molecule has 0 spiro atoms. The Morgan fingerprint density at radius 1 is 1.00 bits per heavy atom. The van der Waals surface area contributed by atoms with Crippen LogP contribution < -0.4 is 15.8 Å². The largest absolute Gasteiger partial charge is 0.450 e. The van der Waals surface area contributed by atoms with E-state index in [1.807, 2.05) is 0 Å². The Labute approximate surface area is 174 Å². The fourth-order valence-corrected chi connectivity index (χ4v) is 2.53. The Morgan fingerprint density at radius 3 is 2.44 bits per heavy atom. The molecule has 0 atom stereocenters. The van der Waals surface area contributed by atoms with Gasteiger partial charge in [-0.3, -0.25) is 9.51 Å². The van der Waals surface area contributed by atoms with E-state index < -0.39 is 40.6 Å². The minimum absolute atomic E-state index is 0.123. The van der Waals surface area contributed by atoms with E-state index in [2.05, 4.69) is 29.9 Å². The average molecular weight is 451 g/mol. The second kappa shape index (κ2) is 8.09. The number of rotatable bonds is 5. The topological polar surface area (TPSA) is 106 Å². The van der Waals surface area contributed by atoms with Gasteiger partial charge in [-0.15, -0.1) is 0 Å². The van der Waals surface area contributed by atoms with E-state index in [-0.39, 0.29) is 17.5 Å². The Balaban J connectivity index is 1.65. The van der Waals surface area contributed by atoms with E-state index >= 15 is 0 Å². The number of ether oxygens (including phenoxy) is 1. The minimum atomic E-state index is -4.74. The van der Waals surface area contributed by atoms with Gasteiger partial charge in [0, 0.05) is 24.0 Å². The number of benzene rings is 1. The van der Waals surface area contributed by atoms with Gasteiger partial charge in [0.05, 0.1) is 5.56 Å². The number of alkyl halides is 3. The van der Waals surface area contributed by atoms with E-state index in [1.165, 1.54) is 18.3 Å². The quantitative estimate of drug-likeness (QED) is 0.426. The van der Waals surface area contributed by atoms with Gasteiger partial charge in [-0.1, -0.05) is 5.16 Å². The summed E-state index contributed by atoms with van der Waals surface area (Å²) in [5.41, 5.74) is -0.745. The lowest BCUT2D eigenvalue weighted by molar-refractivity contribution is -0.137. The monoisotopic (exact) mass is 451 g/mol. The van der Waals surface area contributed by atoms with Crippen LogP contribution in [0.2, 0.25) is 0 Å². The molecule has 1 aromatic carbocycles. The van der Waals surface area contributed by atoms with Crippen molar-refractivity contribution < 1.29 is 31.2 Å². The molecular weight excluding hydrogens is 441 g/mol. The van der Waals surface area contributed by atoms with Crippen molar-refractivity contribution in [3.63, 3.8) is 0 Å². The van der Waals surface area contributed by atoms with Gasteiger partial charge in [-0.05, 0) is 30.3 Å². The van der Waals surface area contributed by atoms with Crippen molar-refractivity contribution in [1.82, 2.24) is 20.1 Å². The van der Waals surface area contributed by atoms with Crippen LogP contribution in [0.1, 0.15) is 5.56 Å². The Morgan fingerprint density at radius 2 is 1.81 bits per heavy atom. The van der Waals surface area contributed by atoms with Crippen LogP contribution in [0, 0.1) is 11.6 Å². The van der Waals surface area contributed by atoms with Gasteiger partial charge in [0.25, 0.3) is 0 Å². The fraction of sp³-hybridized carbons (Fsp3) is 0.0526. The number of hydrogen-bond donors (Lipinski definition) is 2. The predicted molar refractivity (Wildman–Crippen MR) is 99.3 cm³/mol. The molecule has 0 fully saturated rings. The second-order valence-corrected chi connectivity index (χ2v) is 6.25. The van der Waals surface area contributed by atoms with Gasteiger partial charge in [-0.25, -0.2) is 23.5 Å². The van der Waals surface area contributed by atoms with E-state index in [0.29, 0.717) is 23.9 Å². The Kier molecular flexibility index (Phi) is 5.30. The third kappa shape index (κ3) is 4.55. The molecule has 8 nitrogen and oxygen atoms in total. The third-order valence-electron chi connectivity index (χ3n) is 4.02. The Bertz CT molecular complexity index is 1320. The number of H-pyrrole nitrogens is 1. The molecule has 0 unspecified atom stereocenters. The van der Waals surface area contributed by atoms with Crippen molar-refractivity contribution in [2.45, 2.75) is 6.18 Å². The SMILES string of the molecule is O=c1[nH]c(-c2ccc(Nc3ncc(C(F)(F)F)cc3Oc3ccc(F)cc3F)nc2)no1. The number of anilines is 2. The molecule has 13 heteroatoms. The number of nitrogens with zero attached hydrogens (tertiary/aromatic N) is 3. The van der Waals surface area contributed by atoms with Crippen LogP contribution >= 0.6 is 0 Å². The zero-order chi connectivity index (χ0) is 22.9. The normalized spacial score (nSPS) is 11.4. The van der Waals surface area contributed by atoms with E-state index in [9.17, 15) is 26.7 Å². The first kappa shape index (κ1) is 21.0. The van der Waals surface area contributed by atoms with Crippen LogP contribution in [0.5, 0.6) is 11.5 Å². The molecule has 2 N–H and O–H groups in total. The second-order valence-electron chi connectivity index (χ2n) is 6.25. The molecule has 0 bridgehead atoms. The maximum absolute atomic E-state index is 14.0. The number of pyridine rings is 2. The zero-order valence-corrected chi connectivity index (χ0v) is 15.6. The van der Waals surface area contributed by atoms with Crippen LogP contribution in [0.4, 0.5) is 33.6 Å². The molecule has 0 saturated heterocycles. The van der Waals surface area contributed by atoms with Crippen molar-refractivity contribution in [2.75, 3.05) is 5.32 Å². The molecule has 3 aromatic heterocycles. The molecule has 4 rings (SSSR count). The highest BCUT2D eigenvalue weighted by Crippen LogP contribution is 2.37. The fourth-order valence-electron chi connectivity index (χ4n) is 2.53. The number of hydrogen-bond acceptors (Lipinski definition) is 7. The van der Waals surface area contributed by atoms with Crippen LogP contribution in [-0.4, -0.2) is 20.1 Å². The zero-order valence-electron chi connectivity index (χ0n) is 15.6. The number of aromatic nitrogens is 4. The standard InChI is InChI=1S/C19H10F5N5O3/c20-11-2-3-13(12(21)6-11)31-14-5-10(19(22,23)24)8-26-17(14)27-15-4-1-9(7-25-15)16-28-18(30)32-29-16/h1-8H,(H,25,26,27)(H,28,29,30). The van der Waals surface area contributed by atoms with Gasteiger partial charge < -0.3 is 10.1 Å². The molecule has 0 aliphatic carbocycles. The van der Waals surface area contributed by atoms with Crippen LogP contribution in [0.15, 0.2) is 58.1 Å². The molecule has 0 aliphatic heterocycles. The van der Waals surface area contributed by atoms with E-state index in [4.69, 9.17) is 4.74 Å². The van der Waals surface area contributed by atoms with Crippen molar-refractivity contribution in [3.8, 4) is 22.9 Å². The first-order chi connectivity index (χ1) is 15.2. The average Bonchev–Trinajstić information content (AvgIpc) is 3.17. The molecule has 4 aromatic rings. The summed E-state index contributed by atoms with van der Waals surface area (Å²) in [6.45, 7) is 0. The smallest absolute Gasteiger partial charge is 0.439 e. The van der Waals surface area contributed by atoms with Gasteiger partial charge in [0.2, 0.25) is 0 Å². The molecule has 3 heterocycles. The summed E-state index contributed by atoms with van der Waals surface area (Å²) < 4.78 is 76.1. The van der Waals surface area contributed by atoms with Crippen LogP contribution in [0.25, 0.3) is 11.4 Å². The highest BCUT2D eigenvalue weighted by atomic mass is 19.4. The summed E-state index contributed by atoms with van der Waals surface area (Å²) in [4.78, 5) is 21.1. The van der Waals surface area contributed by atoms with Crippen molar-refractivity contribution in [3.05, 3.63) is 76.5 Å². The summed E-state index contributed by atoms with van der Waals surface area (Å²) in [5, 5.41) is 6.16. The Hall–Kier alpha value is -4.29. The highest BCUT2D eigenvalue weighted by molar-refractivity contribution is 5.63. The van der Waals surface area contributed by atoms with Gasteiger partial charge in [0.15, 0.2) is 29.0 Å². The maximum atomic E-state index is 14.0. The molecule has 0 radical (unpaired) electrons. The van der Waals surface area contributed by atoms with Crippen molar-refractivity contribution in [2.24, 2.45) is 0 Å². The van der Waals surface area contributed by atoms with Gasteiger partial charge in [0.1, 0.15) is 11.6 Å². The molecule has 0 aliphatic rings. The lowest BCUT2D eigenvalue weighted by atomic mass is 10.2. The summed E-state index contributed by atoms with van der Waals surface area (Å²) >= 11 is 0. The molecule has 32 heavy (non-hydrogen) atoms. The number of nitrogens with one attached hydrogen (secondary N) is 2. The summed E-state index contributed by atoms with van der Waals surface area (Å²) in [7, 11) is 0. The molecular formula is C19H10F5N5O3. The van der Waals surface area contributed by atoms with Crippen LogP contribution in [0.3, 0.4) is 0 Å². The highest BCUT2D eigenvalue weighted by Gasteiger charge is 2.32. The predicted octanol–water partition coefficient (Wildman–Crippen LogP) is 4.65. The van der Waals surface area contributed by atoms with Crippen molar-refractivity contribution in [1.29, 1.82) is 0 Å². The molecule has 164 valence electrons. The lowest BCUT2D eigenvalue weighted by Gasteiger charge is -2.15. The molecule has 0 saturated carbocycles. The number of aromatic amines is 1. The van der Waals surface area contributed by atoms with Gasteiger partial charge in [-0.2, -0.15) is 13.2 Å².